The van der Waals surface area contributed by atoms with Crippen molar-refractivity contribution in [2.75, 3.05) is 5.32 Å². The molecule has 1 amide bonds. The normalized spacial score (nSPS) is 14.7. The van der Waals surface area contributed by atoms with Gasteiger partial charge in [-0.25, -0.2) is 13.1 Å². The van der Waals surface area contributed by atoms with Crippen molar-refractivity contribution in [1.29, 1.82) is 0 Å². The predicted molar refractivity (Wildman–Crippen MR) is 136 cm³/mol. The van der Waals surface area contributed by atoms with E-state index in [0.717, 1.165) is 48.4 Å². The Morgan fingerprint density at radius 3 is 2.36 bits per heavy atom. The lowest BCUT2D eigenvalue weighted by Gasteiger charge is -2.22. The molecule has 0 radical (unpaired) electrons. The third kappa shape index (κ3) is 6.16. The van der Waals surface area contributed by atoms with Gasteiger partial charge in [0.15, 0.2) is 5.11 Å². The molecule has 1 saturated carbocycles. The molecule has 0 atom stereocenters. The smallest absolute Gasteiger partial charge is 0.240 e. The summed E-state index contributed by atoms with van der Waals surface area (Å²) < 4.78 is 28.1. The van der Waals surface area contributed by atoms with Crippen LogP contribution in [0, 0.1) is 0 Å². The minimum Gasteiger partial charge on any atom is -0.332 e. The molecule has 172 valence electrons. The Balaban J connectivity index is 1.33. The first kappa shape index (κ1) is 23.4. The first-order valence-electron chi connectivity index (χ1n) is 11.1. The number of benzene rings is 3. The van der Waals surface area contributed by atoms with Crippen molar-refractivity contribution in [3.05, 3.63) is 72.3 Å². The molecule has 0 aromatic heterocycles. The first-order chi connectivity index (χ1) is 15.9. The Morgan fingerprint density at radius 1 is 0.909 bits per heavy atom. The Bertz CT molecular complexity index is 1250. The lowest BCUT2D eigenvalue weighted by molar-refractivity contribution is -0.119. The van der Waals surface area contributed by atoms with Gasteiger partial charge in [0.1, 0.15) is 0 Å². The number of fused-ring (bicyclic) bond motifs is 1. The quantitative estimate of drug-likeness (QED) is 0.451. The molecule has 6 nitrogen and oxygen atoms in total. The van der Waals surface area contributed by atoms with E-state index < -0.39 is 10.0 Å². The maximum atomic E-state index is 12.6. The van der Waals surface area contributed by atoms with Crippen molar-refractivity contribution < 1.29 is 13.2 Å². The molecule has 33 heavy (non-hydrogen) atoms. The van der Waals surface area contributed by atoms with Gasteiger partial charge in [0, 0.05) is 11.7 Å². The van der Waals surface area contributed by atoms with Crippen LogP contribution in [0.1, 0.15) is 37.7 Å². The second-order valence-electron chi connectivity index (χ2n) is 8.30. The fourth-order valence-corrected chi connectivity index (χ4v) is 5.71. The number of amides is 1. The molecule has 8 heteroatoms. The van der Waals surface area contributed by atoms with Gasteiger partial charge in [0.25, 0.3) is 0 Å². The molecule has 4 rings (SSSR count). The molecule has 0 heterocycles. The van der Waals surface area contributed by atoms with Crippen LogP contribution in [-0.4, -0.2) is 25.5 Å². The largest absolute Gasteiger partial charge is 0.332 e. The van der Waals surface area contributed by atoms with E-state index in [9.17, 15) is 13.2 Å². The van der Waals surface area contributed by atoms with E-state index in [0.29, 0.717) is 5.69 Å². The van der Waals surface area contributed by atoms with Crippen LogP contribution < -0.4 is 15.4 Å². The van der Waals surface area contributed by atoms with E-state index in [1.807, 2.05) is 42.5 Å². The maximum Gasteiger partial charge on any atom is 0.240 e. The van der Waals surface area contributed by atoms with Crippen molar-refractivity contribution >= 4 is 49.7 Å². The van der Waals surface area contributed by atoms with Gasteiger partial charge in [-0.2, -0.15) is 0 Å². The molecule has 1 aliphatic rings. The van der Waals surface area contributed by atoms with Crippen molar-refractivity contribution in [2.24, 2.45) is 0 Å². The number of anilines is 1. The van der Waals surface area contributed by atoms with Crippen molar-refractivity contribution in [1.82, 2.24) is 10.0 Å². The third-order valence-corrected chi connectivity index (χ3v) is 7.57. The summed E-state index contributed by atoms with van der Waals surface area (Å²) in [7, 11) is -3.56. The molecular formula is C25H27N3O3S2. The van der Waals surface area contributed by atoms with Crippen LogP contribution in [0.5, 0.6) is 0 Å². The summed E-state index contributed by atoms with van der Waals surface area (Å²) in [5, 5.41) is 7.91. The van der Waals surface area contributed by atoms with Gasteiger partial charge in [-0.1, -0.05) is 61.7 Å². The van der Waals surface area contributed by atoms with Gasteiger partial charge in [-0.15, -0.1) is 0 Å². The van der Waals surface area contributed by atoms with Crippen LogP contribution in [0.15, 0.2) is 71.6 Å². The van der Waals surface area contributed by atoms with Gasteiger partial charge in [0.2, 0.25) is 15.9 Å². The zero-order valence-electron chi connectivity index (χ0n) is 18.2. The highest BCUT2D eigenvalue weighted by Gasteiger charge is 2.21. The molecule has 3 aromatic carbocycles. The highest BCUT2D eigenvalue weighted by molar-refractivity contribution is 7.89. The molecule has 0 spiro atoms. The maximum absolute atomic E-state index is 12.6. The van der Waals surface area contributed by atoms with E-state index in [-0.39, 0.29) is 28.4 Å². The SMILES string of the molecule is O=C(Cc1cccc2ccccc12)NC(=S)Nc1ccc(S(=O)(=O)NC2CCCCC2)cc1. The van der Waals surface area contributed by atoms with Crippen LogP contribution in [0.3, 0.4) is 0 Å². The number of sulfonamides is 1. The van der Waals surface area contributed by atoms with Crippen LogP contribution >= 0.6 is 12.2 Å². The fourth-order valence-electron chi connectivity index (χ4n) is 4.18. The molecular weight excluding hydrogens is 454 g/mol. The summed E-state index contributed by atoms with van der Waals surface area (Å²) in [5.74, 6) is -0.222. The van der Waals surface area contributed by atoms with Crippen LogP contribution in [0.25, 0.3) is 10.8 Å². The van der Waals surface area contributed by atoms with Crippen molar-refractivity contribution in [2.45, 2.75) is 49.5 Å². The van der Waals surface area contributed by atoms with Crippen LogP contribution in [-0.2, 0) is 21.2 Å². The minimum absolute atomic E-state index is 0.00563. The second-order valence-corrected chi connectivity index (χ2v) is 10.4. The monoisotopic (exact) mass is 481 g/mol. The Kier molecular flexibility index (Phi) is 7.37. The van der Waals surface area contributed by atoms with Gasteiger partial charge in [-0.3, -0.25) is 4.79 Å². The first-order valence-corrected chi connectivity index (χ1v) is 13.0. The summed E-state index contributed by atoms with van der Waals surface area (Å²) in [5.41, 5.74) is 1.52. The van der Waals surface area contributed by atoms with Gasteiger partial charge in [0.05, 0.1) is 11.3 Å². The fraction of sp³-hybridized carbons (Fsp3) is 0.280. The summed E-state index contributed by atoms with van der Waals surface area (Å²) in [6.07, 6.45) is 5.24. The lowest BCUT2D eigenvalue weighted by Crippen LogP contribution is -2.36. The number of hydrogen-bond acceptors (Lipinski definition) is 4. The minimum atomic E-state index is -3.56. The van der Waals surface area contributed by atoms with Crippen molar-refractivity contribution in [3.8, 4) is 0 Å². The van der Waals surface area contributed by atoms with Gasteiger partial charge in [-0.05, 0) is 65.7 Å². The summed E-state index contributed by atoms with van der Waals surface area (Å²) in [4.78, 5) is 12.7. The number of nitrogens with one attached hydrogen (secondary N) is 3. The van der Waals surface area contributed by atoms with Gasteiger partial charge < -0.3 is 10.6 Å². The van der Waals surface area contributed by atoms with E-state index in [4.69, 9.17) is 12.2 Å². The average molecular weight is 482 g/mol. The topological polar surface area (TPSA) is 87.3 Å². The third-order valence-electron chi connectivity index (χ3n) is 5.83. The van der Waals surface area contributed by atoms with Crippen molar-refractivity contribution in [3.63, 3.8) is 0 Å². The Hall–Kier alpha value is -2.81. The Morgan fingerprint density at radius 2 is 1.61 bits per heavy atom. The zero-order valence-corrected chi connectivity index (χ0v) is 19.8. The number of rotatable bonds is 6. The molecule has 0 bridgehead atoms. The average Bonchev–Trinajstić information content (AvgIpc) is 2.80. The lowest BCUT2D eigenvalue weighted by atomic mass is 9.96. The number of carbonyl (C=O) groups is 1. The van der Waals surface area contributed by atoms with Gasteiger partial charge >= 0.3 is 0 Å². The standard InChI is InChI=1S/C25H27N3O3S2/c29-24(17-19-9-6-8-18-7-4-5-12-23(18)19)27-25(32)26-20-13-15-22(16-14-20)33(30,31)28-21-10-2-1-3-11-21/h4-9,12-16,21,28H,1-3,10-11,17H2,(H2,26,27,29,32). The zero-order chi connectivity index (χ0) is 23.3. The number of hydrogen-bond donors (Lipinski definition) is 3. The summed E-state index contributed by atoms with van der Waals surface area (Å²) >= 11 is 5.27. The second kappa shape index (κ2) is 10.4. The van der Waals surface area contributed by atoms with E-state index >= 15 is 0 Å². The van der Waals surface area contributed by atoms with Crippen LogP contribution in [0.2, 0.25) is 0 Å². The molecule has 3 aromatic rings. The summed E-state index contributed by atoms with van der Waals surface area (Å²) in [6, 6.07) is 20.1. The molecule has 0 aliphatic heterocycles. The molecule has 0 unspecified atom stereocenters. The molecule has 3 N–H and O–H groups in total. The molecule has 1 fully saturated rings. The Labute approximate surface area is 199 Å². The predicted octanol–water partition coefficient (Wildman–Crippen LogP) is 4.51. The number of carbonyl (C=O) groups excluding carboxylic acids is 1. The van der Waals surface area contributed by atoms with E-state index in [1.165, 1.54) is 12.1 Å². The van der Waals surface area contributed by atoms with E-state index in [2.05, 4.69) is 15.4 Å². The highest BCUT2D eigenvalue weighted by Crippen LogP contribution is 2.21. The highest BCUT2D eigenvalue weighted by atomic mass is 32.2. The molecule has 1 aliphatic carbocycles. The van der Waals surface area contributed by atoms with Crippen LogP contribution in [0.4, 0.5) is 5.69 Å². The molecule has 0 saturated heterocycles. The van der Waals surface area contributed by atoms with E-state index in [1.54, 1.807) is 12.1 Å². The summed E-state index contributed by atoms with van der Waals surface area (Å²) in [6.45, 7) is 0. The number of thiocarbonyl (C=S) groups is 1.